The van der Waals surface area contributed by atoms with Crippen LogP contribution in [0.25, 0.3) is 0 Å². The first-order chi connectivity index (χ1) is 8.72. The first-order valence-electron chi connectivity index (χ1n) is 5.83. The minimum Gasteiger partial charge on any atom is -0.496 e. The van der Waals surface area contributed by atoms with Gasteiger partial charge in [-0.2, -0.15) is 0 Å². The molecule has 94 valence electrons. The Hall–Kier alpha value is -1.12. The molecular formula is C15H15ClOS. The van der Waals surface area contributed by atoms with Crippen LogP contribution >= 0.6 is 23.4 Å². The molecule has 0 aromatic heterocycles. The van der Waals surface area contributed by atoms with E-state index in [9.17, 15) is 0 Å². The smallest absolute Gasteiger partial charge is 0.133 e. The van der Waals surface area contributed by atoms with Gasteiger partial charge in [-0.1, -0.05) is 36.4 Å². The Morgan fingerprint density at radius 1 is 1.11 bits per heavy atom. The van der Waals surface area contributed by atoms with Crippen LogP contribution in [0.5, 0.6) is 5.75 Å². The van der Waals surface area contributed by atoms with Crippen LogP contribution in [-0.4, -0.2) is 7.11 Å². The Bertz CT molecular complexity index is 523. The Kier molecular flexibility index (Phi) is 4.56. The molecule has 2 rings (SSSR count). The van der Waals surface area contributed by atoms with Gasteiger partial charge < -0.3 is 4.74 Å². The molecule has 2 aromatic carbocycles. The fourth-order valence-corrected chi connectivity index (χ4v) is 2.68. The lowest BCUT2D eigenvalue weighted by Gasteiger charge is -2.09. The molecule has 0 heterocycles. The Balaban J connectivity index is 2.25. The summed E-state index contributed by atoms with van der Waals surface area (Å²) in [6, 6.07) is 14.2. The molecule has 0 saturated heterocycles. The van der Waals surface area contributed by atoms with Gasteiger partial charge in [-0.25, -0.2) is 0 Å². The quantitative estimate of drug-likeness (QED) is 0.773. The molecule has 0 spiro atoms. The molecule has 3 heteroatoms. The van der Waals surface area contributed by atoms with Crippen LogP contribution < -0.4 is 4.74 Å². The van der Waals surface area contributed by atoms with E-state index in [1.54, 1.807) is 18.9 Å². The maximum atomic E-state index is 5.88. The summed E-state index contributed by atoms with van der Waals surface area (Å²) in [5.41, 5.74) is 1.28. The molecule has 18 heavy (non-hydrogen) atoms. The Labute approximate surface area is 117 Å². The molecule has 0 aliphatic carbocycles. The van der Waals surface area contributed by atoms with Crippen molar-refractivity contribution in [2.75, 3.05) is 7.11 Å². The SMILES string of the molecule is CCc1ccc(Sc2ccc(Cl)cc2)c(OC)c1. The second kappa shape index (κ2) is 6.17. The number of rotatable bonds is 4. The zero-order valence-electron chi connectivity index (χ0n) is 10.4. The Morgan fingerprint density at radius 2 is 1.83 bits per heavy atom. The van der Waals surface area contributed by atoms with Crippen LogP contribution in [0.3, 0.4) is 0 Å². The lowest BCUT2D eigenvalue weighted by molar-refractivity contribution is 0.404. The van der Waals surface area contributed by atoms with E-state index in [1.807, 2.05) is 24.3 Å². The van der Waals surface area contributed by atoms with Gasteiger partial charge in [0.15, 0.2) is 0 Å². The van der Waals surface area contributed by atoms with Gasteiger partial charge in [-0.3, -0.25) is 0 Å². The first-order valence-corrected chi connectivity index (χ1v) is 7.02. The van der Waals surface area contributed by atoms with E-state index in [0.29, 0.717) is 0 Å². The fourth-order valence-electron chi connectivity index (χ4n) is 1.65. The van der Waals surface area contributed by atoms with Gasteiger partial charge in [-0.15, -0.1) is 0 Å². The number of methoxy groups -OCH3 is 1. The molecule has 0 saturated carbocycles. The van der Waals surface area contributed by atoms with Crippen molar-refractivity contribution in [1.29, 1.82) is 0 Å². The fraction of sp³-hybridized carbons (Fsp3) is 0.200. The topological polar surface area (TPSA) is 9.23 Å². The van der Waals surface area contributed by atoms with E-state index in [0.717, 1.165) is 27.0 Å². The predicted molar refractivity (Wildman–Crippen MR) is 77.9 cm³/mol. The van der Waals surface area contributed by atoms with E-state index in [4.69, 9.17) is 16.3 Å². The zero-order valence-corrected chi connectivity index (χ0v) is 12.0. The maximum absolute atomic E-state index is 5.88. The molecule has 0 amide bonds. The molecule has 2 aromatic rings. The van der Waals surface area contributed by atoms with E-state index >= 15 is 0 Å². The average Bonchev–Trinajstić information content (AvgIpc) is 2.41. The summed E-state index contributed by atoms with van der Waals surface area (Å²) in [5.74, 6) is 0.925. The number of hydrogen-bond donors (Lipinski definition) is 0. The number of halogens is 1. The largest absolute Gasteiger partial charge is 0.496 e. The van der Waals surface area contributed by atoms with E-state index in [1.165, 1.54) is 5.56 Å². The lowest BCUT2D eigenvalue weighted by atomic mass is 10.2. The number of aryl methyl sites for hydroxylation is 1. The van der Waals surface area contributed by atoms with Gasteiger partial charge in [0.25, 0.3) is 0 Å². The van der Waals surface area contributed by atoms with Crippen LogP contribution in [0.2, 0.25) is 5.02 Å². The van der Waals surface area contributed by atoms with Crippen molar-refractivity contribution in [3.8, 4) is 5.75 Å². The highest BCUT2D eigenvalue weighted by Crippen LogP contribution is 2.35. The maximum Gasteiger partial charge on any atom is 0.133 e. The van der Waals surface area contributed by atoms with Crippen molar-refractivity contribution in [1.82, 2.24) is 0 Å². The molecule has 0 radical (unpaired) electrons. The molecule has 0 fully saturated rings. The van der Waals surface area contributed by atoms with Gasteiger partial charge in [0.05, 0.1) is 12.0 Å². The van der Waals surface area contributed by atoms with Crippen LogP contribution in [-0.2, 0) is 6.42 Å². The summed E-state index contributed by atoms with van der Waals surface area (Å²) in [5, 5.41) is 0.757. The summed E-state index contributed by atoms with van der Waals surface area (Å²) >= 11 is 7.56. The van der Waals surface area contributed by atoms with E-state index in [-0.39, 0.29) is 0 Å². The van der Waals surface area contributed by atoms with Crippen molar-refractivity contribution in [2.45, 2.75) is 23.1 Å². The second-order valence-corrected chi connectivity index (χ2v) is 5.45. The number of ether oxygens (including phenoxy) is 1. The summed E-state index contributed by atoms with van der Waals surface area (Å²) < 4.78 is 5.44. The first kappa shape index (κ1) is 13.3. The molecule has 0 unspecified atom stereocenters. The van der Waals surface area contributed by atoms with Crippen molar-refractivity contribution in [2.24, 2.45) is 0 Å². The molecule has 0 aliphatic rings. The van der Waals surface area contributed by atoms with E-state index in [2.05, 4.69) is 25.1 Å². The summed E-state index contributed by atoms with van der Waals surface area (Å²) in [6.45, 7) is 2.14. The van der Waals surface area contributed by atoms with Gasteiger partial charge in [0, 0.05) is 9.92 Å². The van der Waals surface area contributed by atoms with Gasteiger partial charge >= 0.3 is 0 Å². The van der Waals surface area contributed by atoms with Crippen LogP contribution in [0.15, 0.2) is 52.3 Å². The summed E-state index contributed by atoms with van der Waals surface area (Å²) in [7, 11) is 1.71. The van der Waals surface area contributed by atoms with Gasteiger partial charge in [0.2, 0.25) is 0 Å². The highest BCUT2D eigenvalue weighted by molar-refractivity contribution is 7.99. The minimum absolute atomic E-state index is 0.757. The van der Waals surface area contributed by atoms with Crippen LogP contribution in [0, 0.1) is 0 Å². The summed E-state index contributed by atoms with van der Waals surface area (Å²) in [6.07, 6.45) is 1.02. The molecular weight excluding hydrogens is 264 g/mol. The molecule has 0 bridgehead atoms. The highest BCUT2D eigenvalue weighted by Gasteiger charge is 2.06. The van der Waals surface area contributed by atoms with Crippen LogP contribution in [0.1, 0.15) is 12.5 Å². The zero-order chi connectivity index (χ0) is 13.0. The van der Waals surface area contributed by atoms with Crippen molar-refractivity contribution in [3.05, 3.63) is 53.1 Å². The van der Waals surface area contributed by atoms with Crippen molar-refractivity contribution in [3.63, 3.8) is 0 Å². The van der Waals surface area contributed by atoms with Crippen molar-refractivity contribution < 1.29 is 4.74 Å². The predicted octanol–water partition coefficient (Wildman–Crippen LogP) is 5.06. The second-order valence-electron chi connectivity index (χ2n) is 3.89. The highest BCUT2D eigenvalue weighted by atomic mass is 35.5. The number of benzene rings is 2. The molecule has 0 atom stereocenters. The third kappa shape index (κ3) is 3.21. The third-order valence-corrected chi connectivity index (χ3v) is 3.99. The van der Waals surface area contributed by atoms with Crippen molar-refractivity contribution >= 4 is 23.4 Å². The standard InChI is InChI=1S/C15H15ClOS/c1-3-11-4-9-15(14(10-11)17-2)18-13-7-5-12(16)6-8-13/h4-10H,3H2,1-2H3. The molecule has 0 N–H and O–H groups in total. The number of hydrogen-bond acceptors (Lipinski definition) is 2. The Morgan fingerprint density at radius 3 is 2.44 bits per heavy atom. The summed E-state index contributed by atoms with van der Waals surface area (Å²) in [4.78, 5) is 2.28. The van der Waals surface area contributed by atoms with Gasteiger partial charge in [0.1, 0.15) is 5.75 Å². The lowest BCUT2D eigenvalue weighted by Crippen LogP contribution is -1.89. The normalized spacial score (nSPS) is 10.4. The van der Waals surface area contributed by atoms with E-state index < -0.39 is 0 Å². The average molecular weight is 279 g/mol. The molecule has 1 nitrogen and oxygen atoms in total. The molecule has 0 aliphatic heterocycles. The monoisotopic (exact) mass is 278 g/mol. The third-order valence-electron chi connectivity index (χ3n) is 2.68. The minimum atomic E-state index is 0.757. The van der Waals surface area contributed by atoms with Crippen LogP contribution in [0.4, 0.5) is 0 Å². The van der Waals surface area contributed by atoms with Gasteiger partial charge in [-0.05, 0) is 48.4 Å².